The Balaban J connectivity index is 1.72. The molecule has 0 atom stereocenters. The highest BCUT2D eigenvalue weighted by Gasteiger charge is 2.24. The van der Waals surface area contributed by atoms with E-state index in [9.17, 15) is 0 Å². The van der Waals surface area contributed by atoms with Gasteiger partial charge in [-0.05, 0) is 42.9 Å². The summed E-state index contributed by atoms with van der Waals surface area (Å²) in [5.74, 6) is 0. The molecule has 0 radical (unpaired) electrons. The predicted octanol–water partition coefficient (Wildman–Crippen LogP) is 2.74. The fourth-order valence-corrected chi connectivity index (χ4v) is 2.95. The fraction of sp³-hybridized carbons (Fsp3) is 0.467. The second-order valence-electron chi connectivity index (χ2n) is 5.26. The highest BCUT2D eigenvalue weighted by molar-refractivity contribution is 5.55. The molecule has 17 heavy (non-hydrogen) atoms. The van der Waals surface area contributed by atoms with Crippen LogP contribution in [0.2, 0.25) is 0 Å². The van der Waals surface area contributed by atoms with Crippen LogP contribution in [0.3, 0.4) is 0 Å². The molecule has 1 aromatic rings. The van der Waals surface area contributed by atoms with Gasteiger partial charge >= 0.3 is 0 Å². The van der Waals surface area contributed by atoms with Crippen molar-refractivity contribution in [3.63, 3.8) is 0 Å². The molecule has 0 unspecified atom stereocenters. The van der Waals surface area contributed by atoms with E-state index in [0.717, 1.165) is 6.54 Å². The van der Waals surface area contributed by atoms with E-state index in [4.69, 9.17) is 5.73 Å². The van der Waals surface area contributed by atoms with Gasteiger partial charge in [0.2, 0.25) is 0 Å². The maximum Gasteiger partial charge on any atom is 0.0433 e. The smallest absolute Gasteiger partial charge is 0.0433 e. The van der Waals surface area contributed by atoms with Crippen LogP contribution in [0.4, 0.5) is 0 Å². The van der Waals surface area contributed by atoms with Crippen molar-refractivity contribution < 1.29 is 0 Å². The van der Waals surface area contributed by atoms with Crippen molar-refractivity contribution in [2.45, 2.75) is 44.3 Å². The molecule has 1 aromatic carbocycles. The zero-order valence-electron chi connectivity index (χ0n) is 10.2. The monoisotopic (exact) mass is 228 g/mol. The summed E-state index contributed by atoms with van der Waals surface area (Å²) in [4.78, 5) is 2.49. The lowest BCUT2D eigenvalue weighted by Gasteiger charge is -2.37. The molecule has 0 saturated heterocycles. The molecule has 0 aromatic heterocycles. The average molecular weight is 228 g/mol. The number of fused-ring (bicyclic) bond motifs is 1. The molecule has 3 rings (SSSR count). The molecule has 2 aliphatic rings. The largest absolute Gasteiger partial charge is 0.370 e. The van der Waals surface area contributed by atoms with Crippen molar-refractivity contribution >= 4 is 6.08 Å². The first-order chi connectivity index (χ1) is 8.33. The van der Waals surface area contributed by atoms with Crippen LogP contribution in [-0.4, -0.2) is 17.0 Å². The van der Waals surface area contributed by atoms with Gasteiger partial charge in [0, 0.05) is 24.8 Å². The van der Waals surface area contributed by atoms with E-state index in [1.807, 2.05) is 0 Å². The van der Waals surface area contributed by atoms with Crippen LogP contribution in [0.25, 0.3) is 6.08 Å². The van der Waals surface area contributed by atoms with Crippen molar-refractivity contribution in [3.05, 3.63) is 41.6 Å². The van der Waals surface area contributed by atoms with Gasteiger partial charge in [-0.2, -0.15) is 0 Å². The molecule has 0 bridgehead atoms. The average Bonchev–Trinajstić information content (AvgIpc) is 2.39. The third-order valence-corrected chi connectivity index (χ3v) is 4.06. The SMILES string of the molecule is N[C@H]1CC[C@H](N2C=Cc3ccccc3C2)CC1. The van der Waals surface area contributed by atoms with Crippen LogP contribution in [0.1, 0.15) is 36.8 Å². The van der Waals surface area contributed by atoms with Gasteiger partial charge in [0.1, 0.15) is 0 Å². The van der Waals surface area contributed by atoms with Crippen LogP contribution in [-0.2, 0) is 6.54 Å². The van der Waals surface area contributed by atoms with Crippen LogP contribution >= 0.6 is 0 Å². The molecule has 2 nitrogen and oxygen atoms in total. The Morgan fingerprint density at radius 3 is 2.65 bits per heavy atom. The second kappa shape index (κ2) is 4.53. The Kier molecular flexibility index (Phi) is 2.89. The number of hydrogen-bond acceptors (Lipinski definition) is 2. The van der Waals surface area contributed by atoms with Crippen LogP contribution in [0, 0.1) is 0 Å². The highest BCUT2D eigenvalue weighted by Crippen LogP contribution is 2.27. The zero-order valence-corrected chi connectivity index (χ0v) is 10.2. The van der Waals surface area contributed by atoms with Crippen molar-refractivity contribution in [2.75, 3.05) is 0 Å². The highest BCUT2D eigenvalue weighted by atomic mass is 15.1. The van der Waals surface area contributed by atoms with Crippen LogP contribution in [0.15, 0.2) is 30.5 Å². The molecule has 2 heteroatoms. The molecule has 1 heterocycles. The summed E-state index contributed by atoms with van der Waals surface area (Å²) in [6, 6.07) is 9.80. The van der Waals surface area contributed by atoms with Gasteiger partial charge in [0.05, 0.1) is 0 Å². The molecule has 2 N–H and O–H groups in total. The summed E-state index contributed by atoms with van der Waals surface area (Å²) < 4.78 is 0. The van der Waals surface area contributed by atoms with Gasteiger partial charge in [-0.15, -0.1) is 0 Å². The number of rotatable bonds is 1. The lowest BCUT2D eigenvalue weighted by Crippen LogP contribution is -2.38. The van der Waals surface area contributed by atoms with Gasteiger partial charge in [-0.3, -0.25) is 0 Å². The Labute approximate surface area is 103 Å². The Morgan fingerprint density at radius 2 is 1.82 bits per heavy atom. The number of nitrogens with zero attached hydrogens (tertiary/aromatic N) is 1. The Hall–Kier alpha value is -1.28. The van der Waals surface area contributed by atoms with Gasteiger partial charge in [-0.1, -0.05) is 24.3 Å². The van der Waals surface area contributed by atoms with E-state index in [1.54, 1.807) is 0 Å². The maximum absolute atomic E-state index is 5.97. The van der Waals surface area contributed by atoms with E-state index < -0.39 is 0 Å². The Bertz CT molecular complexity index is 417. The molecule has 1 fully saturated rings. The van der Waals surface area contributed by atoms with E-state index in [1.165, 1.54) is 36.8 Å². The molecule has 0 spiro atoms. The lowest BCUT2D eigenvalue weighted by atomic mass is 9.90. The maximum atomic E-state index is 5.97. The third-order valence-electron chi connectivity index (χ3n) is 4.06. The first kappa shape index (κ1) is 10.8. The number of nitrogens with two attached hydrogens (primary N) is 1. The molecule has 1 aliphatic carbocycles. The summed E-state index contributed by atoms with van der Waals surface area (Å²) >= 11 is 0. The topological polar surface area (TPSA) is 29.3 Å². The van der Waals surface area contributed by atoms with E-state index in [0.29, 0.717) is 12.1 Å². The minimum absolute atomic E-state index is 0.437. The molecule has 1 saturated carbocycles. The van der Waals surface area contributed by atoms with E-state index in [-0.39, 0.29) is 0 Å². The standard InChI is InChI=1S/C15H20N2/c16-14-5-7-15(8-6-14)17-10-9-12-3-1-2-4-13(12)11-17/h1-4,9-10,14-15H,5-8,11,16H2/t14-,15-. The molecule has 1 aliphatic heterocycles. The molecule has 90 valence electrons. The number of benzene rings is 1. The van der Waals surface area contributed by atoms with Crippen molar-refractivity contribution in [2.24, 2.45) is 5.73 Å². The summed E-state index contributed by atoms with van der Waals surface area (Å²) in [5.41, 5.74) is 8.79. The Morgan fingerprint density at radius 1 is 1.06 bits per heavy atom. The first-order valence-electron chi connectivity index (χ1n) is 6.60. The van der Waals surface area contributed by atoms with Gasteiger partial charge in [0.15, 0.2) is 0 Å². The van der Waals surface area contributed by atoms with Gasteiger partial charge < -0.3 is 10.6 Å². The van der Waals surface area contributed by atoms with Gasteiger partial charge in [0.25, 0.3) is 0 Å². The zero-order chi connectivity index (χ0) is 11.7. The van der Waals surface area contributed by atoms with Crippen LogP contribution < -0.4 is 5.73 Å². The van der Waals surface area contributed by atoms with E-state index >= 15 is 0 Å². The normalized spacial score (nSPS) is 27.9. The summed E-state index contributed by atoms with van der Waals surface area (Å²) in [6.07, 6.45) is 9.35. The lowest BCUT2D eigenvalue weighted by molar-refractivity contribution is 0.200. The quantitative estimate of drug-likeness (QED) is 0.801. The molecule has 0 amide bonds. The van der Waals surface area contributed by atoms with Crippen LogP contribution in [0.5, 0.6) is 0 Å². The predicted molar refractivity (Wildman–Crippen MR) is 71.3 cm³/mol. The first-order valence-corrected chi connectivity index (χ1v) is 6.60. The molecular weight excluding hydrogens is 208 g/mol. The minimum atomic E-state index is 0.437. The van der Waals surface area contributed by atoms with Crippen molar-refractivity contribution in [1.82, 2.24) is 4.90 Å². The summed E-state index contributed by atoms with van der Waals surface area (Å²) in [6.45, 7) is 1.06. The molecular formula is C15H20N2. The third kappa shape index (κ3) is 2.22. The van der Waals surface area contributed by atoms with Crippen molar-refractivity contribution in [3.8, 4) is 0 Å². The van der Waals surface area contributed by atoms with E-state index in [2.05, 4.69) is 41.4 Å². The summed E-state index contributed by atoms with van der Waals surface area (Å²) in [5, 5.41) is 0. The van der Waals surface area contributed by atoms with Gasteiger partial charge in [-0.25, -0.2) is 0 Å². The number of hydrogen-bond donors (Lipinski definition) is 1. The fourth-order valence-electron chi connectivity index (χ4n) is 2.95. The second-order valence-corrected chi connectivity index (χ2v) is 5.26. The minimum Gasteiger partial charge on any atom is -0.370 e. The summed E-state index contributed by atoms with van der Waals surface area (Å²) in [7, 11) is 0. The van der Waals surface area contributed by atoms with Crippen molar-refractivity contribution in [1.29, 1.82) is 0 Å².